The van der Waals surface area contributed by atoms with Crippen LogP contribution < -0.4 is 20.7 Å². The summed E-state index contributed by atoms with van der Waals surface area (Å²) in [6, 6.07) is 11.5. The lowest BCUT2D eigenvalue weighted by Gasteiger charge is -2.36. The van der Waals surface area contributed by atoms with Crippen LogP contribution >= 0.6 is 37.2 Å². The van der Waals surface area contributed by atoms with Gasteiger partial charge >= 0.3 is 0 Å². The van der Waals surface area contributed by atoms with E-state index in [-0.39, 0.29) is 60.5 Å². The lowest BCUT2D eigenvalue weighted by atomic mass is 10.0. The highest BCUT2D eigenvalue weighted by molar-refractivity contribution is 5.86. The van der Waals surface area contributed by atoms with Crippen molar-refractivity contribution in [2.75, 3.05) is 42.5 Å². The first kappa shape index (κ1) is 30.8. The Labute approximate surface area is 234 Å². The van der Waals surface area contributed by atoms with E-state index in [4.69, 9.17) is 0 Å². The van der Waals surface area contributed by atoms with Gasteiger partial charge in [0.25, 0.3) is 5.56 Å². The number of hydrogen-bond acceptors (Lipinski definition) is 7. The average Bonchev–Trinajstić information content (AvgIpc) is 2.87. The number of aliphatic hydroxyl groups excluding tert-OH is 1. The van der Waals surface area contributed by atoms with E-state index in [9.17, 15) is 14.3 Å². The van der Waals surface area contributed by atoms with Crippen LogP contribution in [0.3, 0.4) is 0 Å². The number of aliphatic hydroxyl groups is 1. The van der Waals surface area contributed by atoms with Gasteiger partial charge in [0.1, 0.15) is 0 Å². The maximum Gasteiger partial charge on any atom is 0.255 e. The molecule has 8 nitrogen and oxygen atoms in total. The summed E-state index contributed by atoms with van der Waals surface area (Å²) in [7, 11) is 1.69. The summed E-state index contributed by atoms with van der Waals surface area (Å²) in [5.74, 6) is 0.0180. The van der Waals surface area contributed by atoms with Crippen LogP contribution in [-0.2, 0) is 7.05 Å². The highest BCUT2D eigenvalue weighted by Gasteiger charge is 2.25. The molecule has 202 valence electrons. The van der Waals surface area contributed by atoms with Crippen molar-refractivity contribution in [3.63, 3.8) is 0 Å². The Bertz CT molecular complexity index is 1220. The monoisotopic (exact) mass is 572 g/mol. The Kier molecular flexibility index (Phi) is 11.1. The van der Waals surface area contributed by atoms with Crippen LogP contribution in [-0.4, -0.2) is 58.5 Å². The number of aromatic nitrogens is 3. The molecule has 5 rings (SSSR count). The van der Waals surface area contributed by atoms with Gasteiger partial charge in [-0.1, -0.05) is 12.1 Å². The Morgan fingerprint density at radius 1 is 1.03 bits per heavy atom. The van der Waals surface area contributed by atoms with Crippen molar-refractivity contribution in [1.29, 1.82) is 0 Å². The SMILES string of the molecule is Cl.Cl.Cl.Cn1c(N2CCN[C@@H](c3ccc(N4CCC(O)CC4)cc3)C2)nc(-c2ccncc2F)cc1=O. The van der Waals surface area contributed by atoms with Gasteiger partial charge in [-0.25, -0.2) is 9.37 Å². The third kappa shape index (κ3) is 6.72. The fourth-order valence-electron chi connectivity index (χ4n) is 4.73. The van der Waals surface area contributed by atoms with Gasteiger partial charge in [-0.05, 0) is 36.6 Å². The molecular formula is C25H32Cl3FN6O2. The molecule has 1 atom stereocenters. The summed E-state index contributed by atoms with van der Waals surface area (Å²) >= 11 is 0. The Balaban J connectivity index is 0.00000160. The Morgan fingerprint density at radius 3 is 2.41 bits per heavy atom. The summed E-state index contributed by atoms with van der Waals surface area (Å²) in [6.45, 7) is 3.79. The van der Waals surface area contributed by atoms with Gasteiger partial charge in [0.15, 0.2) is 5.82 Å². The molecule has 2 aliphatic heterocycles. The molecule has 2 aromatic heterocycles. The second kappa shape index (κ2) is 13.4. The largest absolute Gasteiger partial charge is 0.393 e. The minimum Gasteiger partial charge on any atom is -0.393 e. The summed E-state index contributed by atoms with van der Waals surface area (Å²) in [4.78, 5) is 25.5. The topological polar surface area (TPSA) is 86.5 Å². The highest BCUT2D eigenvalue weighted by atomic mass is 35.5. The van der Waals surface area contributed by atoms with Gasteiger partial charge in [-0.2, -0.15) is 0 Å². The molecular weight excluding hydrogens is 542 g/mol. The van der Waals surface area contributed by atoms with Crippen molar-refractivity contribution in [3.8, 4) is 11.3 Å². The molecule has 37 heavy (non-hydrogen) atoms. The van der Waals surface area contributed by atoms with Gasteiger partial charge < -0.3 is 20.2 Å². The van der Waals surface area contributed by atoms with E-state index < -0.39 is 5.82 Å². The molecule has 0 aliphatic carbocycles. The molecule has 2 fully saturated rings. The van der Waals surface area contributed by atoms with Crippen LogP contribution in [0.25, 0.3) is 11.3 Å². The first-order valence-corrected chi connectivity index (χ1v) is 11.7. The van der Waals surface area contributed by atoms with E-state index in [1.807, 2.05) is 0 Å². The molecule has 0 spiro atoms. The van der Waals surface area contributed by atoms with Crippen LogP contribution in [0.2, 0.25) is 0 Å². The minimum absolute atomic E-state index is 0. The van der Waals surface area contributed by atoms with E-state index in [1.54, 1.807) is 7.05 Å². The Hall–Kier alpha value is -2.43. The van der Waals surface area contributed by atoms with Gasteiger partial charge in [-0.15, -0.1) is 37.2 Å². The second-order valence-corrected chi connectivity index (χ2v) is 8.96. The number of pyridine rings is 1. The van der Waals surface area contributed by atoms with Gasteiger partial charge in [0, 0.05) is 69.3 Å². The number of piperidine rings is 1. The molecule has 4 heterocycles. The first-order valence-electron chi connectivity index (χ1n) is 11.7. The fraction of sp³-hybridized carbons (Fsp3) is 0.400. The number of piperazine rings is 1. The van der Waals surface area contributed by atoms with E-state index in [1.165, 1.54) is 28.6 Å². The molecule has 2 N–H and O–H groups in total. The standard InChI is InChI=1S/C25H29FN6O2.3ClH/c1-30-24(34)14-22(20-6-9-27-15-21(20)26)29-25(30)32-13-10-28-23(16-32)17-2-4-18(5-3-17)31-11-7-19(33)8-12-31;;;/h2-6,9,14-15,19,23,28,33H,7-8,10-13,16H2,1H3;3*1H/t23-;;;/m1.../s1. The van der Waals surface area contributed by atoms with Crippen LogP contribution in [0.1, 0.15) is 24.4 Å². The maximum absolute atomic E-state index is 14.3. The molecule has 0 unspecified atom stereocenters. The molecule has 2 saturated heterocycles. The number of halogens is 4. The zero-order chi connectivity index (χ0) is 23.7. The summed E-state index contributed by atoms with van der Waals surface area (Å²) in [5.41, 5.74) is 2.67. The lowest BCUT2D eigenvalue weighted by Crippen LogP contribution is -2.47. The van der Waals surface area contributed by atoms with Crippen LogP contribution in [0.5, 0.6) is 0 Å². The third-order valence-electron chi connectivity index (χ3n) is 6.74. The predicted octanol–water partition coefficient (Wildman–Crippen LogP) is 3.36. The molecule has 12 heteroatoms. The minimum atomic E-state index is -0.504. The molecule has 0 amide bonds. The second-order valence-electron chi connectivity index (χ2n) is 8.96. The number of nitrogens with zero attached hydrogens (tertiary/aromatic N) is 5. The zero-order valence-electron chi connectivity index (χ0n) is 20.4. The predicted molar refractivity (Wildman–Crippen MR) is 151 cm³/mol. The summed E-state index contributed by atoms with van der Waals surface area (Å²) in [6.07, 6.45) is 4.04. The van der Waals surface area contributed by atoms with Crippen LogP contribution in [0.4, 0.5) is 16.0 Å². The Morgan fingerprint density at radius 2 is 1.73 bits per heavy atom. The van der Waals surface area contributed by atoms with E-state index in [2.05, 4.69) is 49.4 Å². The van der Waals surface area contributed by atoms with Crippen molar-refractivity contribution < 1.29 is 9.50 Å². The van der Waals surface area contributed by atoms with E-state index in [0.717, 1.165) is 44.2 Å². The summed E-state index contributed by atoms with van der Waals surface area (Å²) < 4.78 is 15.8. The number of anilines is 2. The van der Waals surface area contributed by atoms with Crippen molar-refractivity contribution in [2.45, 2.75) is 25.0 Å². The molecule has 0 radical (unpaired) electrons. The van der Waals surface area contributed by atoms with Crippen LogP contribution in [0.15, 0.2) is 53.6 Å². The van der Waals surface area contributed by atoms with Gasteiger partial charge in [0.2, 0.25) is 5.95 Å². The number of rotatable bonds is 4. The number of nitrogens with one attached hydrogen (secondary N) is 1. The third-order valence-corrected chi connectivity index (χ3v) is 6.74. The van der Waals surface area contributed by atoms with Crippen LogP contribution in [0, 0.1) is 5.82 Å². The molecule has 0 bridgehead atoms. The first-order chi connectivity index (χ1) is 16.5. The van der Waals surface area contributed by atoms with Gasteiger partial charge in [0.05, 0.1) is 18.0 Å². The normalized spacial score (nSPS) is 17.9. The maximum atomic E-state index is 14.3. The zero-order valence-corrected chi connectivity index (χ0v) is 22.9. The fourth-order valence-corrected chi connectivity index (χ4v) is 4.73. The van der Waals surface area contributed by atoms with Crippen molar-refractivity contribution in [1.82, 2.24) is 19.9 Å². The molecule has 1 aromatic carbocycles. The van der Waals surface area contributed by atoms with Crippen molar-refractivity contribution in [2.24, 2.45) is 7.05 Å². The molecule has 2 aliphatic rings. The smallest absolute Gasteiger partial charge is 0.255 e. The summed E-state index contributed by atoms with van der Waals surface area (Å²) in [5, 5.41) is 13.3. The van der Waals surface area contributed by atoms with E-state index >= 15 is 0 Å². The number of hydrogen-bond donors (Lipinski definition) is 2. The van der Waals surface area contributed by atoms with Crippen molar-refractivity contribution >= 4 is 48.9 Å². The molecule has 0 saturated carbocycles. The van der Waals surface area contributed by atoms with Gasteiger partial charge in [-0.3, -0.25) is 14.3 Å². The van der Waals surface area contributed by atoms with Crippen molar-refractivity contribution in [3.05, 3.63) is 70.5 Å². The van der Waals surface area contributed by atoms with E-state index in [0.29, 0.717) is 24.7 Å². The highest BCUT2D eigenvalue weighted by Crippen LogP contribution is 2.26. The number of benzene rings is 1. The molecule has 3 aromatic rings. The lowest BCUT2D eigenvalue weighted by molar-refractivity contribution is 0.145. The average molecular weight is 574 g/mol. The quantitative estimate of drug-likeness (QED) is 0.495.